The van der Waals surface area contributed by atoms with Gasteiger partial charge in [-0.15, -0.1) is 0 Å². The van der Waals surface area contributed by atoms with Gasteiger partial charge >= 0.3 is 0 Å². The summed E-state index contributed by atoms with van der Waals surface area (Å²) in [5, 5.41) is 4.01. The van der Waals surface area contributed by atoms with Crippen LogP contribution in [0.1, 0.15) is 0 Å². The predicted molar refractivity (Wildman–Crippen MR) is 47.3 cm³/mol. The van der Waals surface area contributed by atoms with E-state index in [9.17, 15) is 0 Å². The van der Waals surface area contributed by atoms with E-state index in [1.807, 2.05) is 13.1 Å². The van der Waals surface area contributed by atoms with Crippen molar-refractivity contribution < 1.29 is 0 Å². The van der Waals surface area contributed by atoms with Gasteiger partial charge in [-0.1, -0.05) is 0 Å². The highest BCUT2D eigenvalue weighted by Gasteiger charge is 2.05. The molecular weight excluding hydrogens is 154 g/mol. The van der Waals surface area contributed by atoms with Crippen LogP contribution in [0.2, 0.25) is 0 Å². The number of hydrogen-bond acceptors (Lipinski definition) is 4. The van der Waals surface area contributed by atoms with Crippen LogP contribution in [0.5, 0.6) is 0 Å². The van der Waals surface area contributed by atoms with Crippen LogP contribution in [0, 0.1) is 0 Å². The molecule has 4 N–H and O–H groups in total. The lowest BCUT2D eigenvalue weighted by Crippen LogP contribution is -1.91. The first kappa shape index (κ1) is 6.90. The first-order valence-corrected chi connectivity index (χ1v) is 3.53. The minimum absolute atomic E-state index is 0.416. The van der Waals surface area contributed by atoms with Crippen molar-refractivity contribution in [3.05, 3.63) is 12.1 Å². The lowest BCUT2D eigenvalue weighted by atomic mass is 10.3. The van der Waals surface area contributed by atoms with Crippen molar-refractivity contribution in [1.82, 2.24) is 14.8 Å². The fraction of sp³-hybridized carbons (Fsp3) is 0.143. The highest BCUT2D eigenvalue weighted by molar-refractivity contribution is 5.86. The second kappa shape index (κ2) is 2.10. The van der Waals surface area contributed by atoms with Crippen LogP contribution >= 0.6 is 0 Å². The number of pyridine rings is 1. The van der Waals surface area contributed by atoms with Gasteiger partial charge in [-0.3, -0.25) is 4.68 Å². The molecule has 0 radical (unpaired) electrons. The zero-order valence-corrected chi connectivity index (χ0v) is 6.65. The van der Waals surface area contributed by atoms with Gasteiger partial charge in [-0.2, -0.15) is 5.10 Å². The maximum atomic E-state index is 5.60. The van der Waals surface area contributed by atoms with Crippen LogP contribution in [0.4, 0.5) is 11.6 Å². The van der Waals surface area contributed by atoms with Crippen LogP contribution in [-0.4, -0.2) is 14.8 Å². The molecule has 0 saturated carbocycles. The number of anilines is 2. The Morgan fingerprint density at radius 2 is 2.08 bits per heavy atom. The van der Waals surface area contributed by atoms with Gasteiger partial charge in [0.25, 0.3) is 0 Å². The van der Waals surface area contributed by atoms with Gasteiger partial charge in [0.05, 0.1) is 5.52 Å². The molecule has 5 heteroatoms. The summed E-state index contributed by atoms with van der Waals surface area (Å²) >= 11 is 0. The zero-order chi connectivity index (χ0) is 8.72. The van der Waals surface area contributed by atoms with E-state index in [1.165, 1.54) is 0 Å². The van der Waals surface area contributed by atoms with Gasteiger partial charge in [0.15, 0.2) is 5.82 Å². The molecule has 5 nitrogen and oxygen atoms in total. The Morgan fingerprint density at radius 1 is 1.33 bits per heavy atom. The summed E-state index contributed by atoms with van der Waals surface area (Å²) in [5.41, 5.74) is 12.6. The summed E-state index contributed by atoms with van der Waals surface area (Å²) in [5.74, 6) is 0.877. The molecule has 62 valence electrons. The predicted octanol–water partition coefficient (Wildman–Crippen LogP) is 0.133. The minimum Gasteiger partial charge on any atom is -0.384 e. The molecule has 0 aliphatic carbocycles. The molecule has 2 aromatic heterocycles. The molecule has 0 bridgehead atoms. The second-order valence-electron chi connectivity index (χ2n) is 2.61. The van der Waals surface area contributed by atoms with Crippen molar-refractivity contribution >= 4 is 22.7 Å². The molecule has 2 heterocycles. The summed E-state index contributed by atoms with van der Waals surface area (Å²) in [7, 11) is 1.82. The van der Waals surface area contributed by atoms with Crippen molar-refractivity contribution in [3.8, 4) is 0 Å². The monoisotopic (exact) mass is 163 g/mol. The molecule has 0 unspecified atom stereocenters. The summed E-state index contributed by atoms with van der Waals surface area (Å²) in [6.45, 7) is 0. The third-order valence-corrected chi connectivity index (χ3v) is 1.74. The number of rotatable bonds is 0. The summed E-state index contributed by atoms with van der Waals surface area (Å²) in [6, 6.07) is 3.57. The van der Waals surface area contributed by atoms with Crippen LogP contribution in [0.3, 0.4) is 0 Å². The smallest absolute Gasteiger partial charge is 0.172 e. The topological polar surface area (TPSA) is 82.8 Å². The lowest BCUT2D eigenvalue weighted by Gasteiger charge is -1.93. The van der Waals surface area contributed by atoms with Gasteiger partial charge in [0.2, 0.25) is 0 Å². The number of nitrogens with two attached hydrogens (primary N) is 2. The van der Waals surface area contributed by atoms with Gasteiger partial charge < -0.3 is 11.5 Å². The number of fused-ring (bicyclic) bond motifs is 1. The molecule has 2 rings (SSSR count). The van der Waals surface area contributed by atoms with E-state index in [2.05, 4.69) is 10.1 Å². The zero-order valence-electron chi connectivity index (χ0n) is 6.65. The summed E-state index contributed by atoms with van der Waals surface area (Å²) in [4.78, 5) is 4.07. The van der Waals surface area contributed by atoms with Gasteiger partial charge in [0, 0.05) is 7.05 Å². The van der Waals surface area contributed by atoms with E-state index in [1.54, 1.807) is 10.7 Å². The molecular formula is C7H9N5. The van der Waals surface area contributed by atoms with Crippen LogP contribution in [0.25, 0.3) is 11.0 Å². The molecule has 0 atom stereocenters. The maximum Gasteiger partial charge on any atom is 0.172 e. The van der Waals surface area contributed by atoms with Gasteiger partial charge in [-0.25, -0.2) is 4.98 Å². The number of nitrogen functional groups attached to an aromatic ring is 2. The fourth-order valence-electron chi connectivity index (χ4n) is 1.18. The van der Waals surface area contributed by atoms with Crippen molar-refractivity contribution in [1.29, 1.82) is 0 Å². The van der Waals surface area contributed by atoms with Gasteiger partial charge in [-0.05, 0) is 12.1 Å². The molecule has 0 fully saturated rings. The Kier molecular flexibility index (Phi) is 1.21. The molecule has 0 saturated heterocycles. The maximum absolute atomic E-state index is 5.60. The first-order chi connectivity index (χ1) is 5.68. The molecule has 0 aliphatic rings. The van der Waals surface area contributed by atoms with E-state index in [-0.39, 0.29) is 0 Å². The fourth-order valence-corrected chi connectivity index (χ4v) is 1.18. The Balaban J connectivity index is 2.90. The number of aryl methyl sites for hydroxylation is 1. The first-order valence-electron chi connectivity index (χ1n) is 3.53. The highest BCUT2D eigenvalue weighted by atomic mass is 15.3. The third-order valence-electron chi connectivity index (χ3n) is 1.74. The third kappa shape index (κ3) is 0.795. The Morgan fingerprint density at radius 3 is 2.83 bits per heavy atom. The molecule has 0 spiro atoms. The van der Waals surface area contributed by atoms with E-state index in [4.69, 9.17) is 11.5 Å². The standard InChI is InChI=1S/C7H9N5/c1-12-4-2-3-5(8)10-6(4)7(9)11-12/h2-3H,1H3,(H2,8,10)(H2,9,11). The molecule has 0 aliphatic heterocycles. The van der Waals surface area contributed by atoms with E-state index >= 15 is 0 Å². The number of aromatic nitrogens is 3. The molecule has 12 heavy (non-hydrogen) atoms. The Bertz CT molecular complexity index is 431. The molecule has 0 amide bonds. The second-order valence-corrected chi connectivity index (χ2v) is 2.61. The van der Waals surface area contributed by atoms with E-state index < -0.39 is 0 Å². The summed E-state index contributed by atoms with van der Waals surface area (Å²) in [6.07, 6.45) is 0. The Labute approximate surface area is 69.0 Å². The lowest BCUT2D eigenvalue weighted by molar-refractivity contribution is 0.802. The highest BCUT2D eigenvalue weighted by Crippen LogP contribution is 2.17. The van der Waals surface area contributed by atoms with Crippen molar-refractivity contribution in [2.75, 3.05) is 11.5 Å². The minimum atomic E-state index is 0.416. The largest absolute Gasteiger partial charge is 0.384 e. The van der Waals surface area contributed by atoms with E-state index in [0.29, 0.717) is 17.2 Å². The van der Waals surface area contributed by atoms with Crippen molar-refractivity contribution in [2.45, 2.75) is 0 Å². The number of nitrogens with zero attached hydrogens (tertiary/aromatic N) is 3. The van der Waals surface area contributed by atoms with Crippen molar-refractivity contribution in [2.24, 2.45) is 7.05 Å². The average Bonchev–Trinajstić information content (AvgIpc) is 2.28. The SMILES string of the molecule is Cn1nc(N)c2nc(N)ccc21. The normalized spacial score (nSPS) is 10.8. The van der Waals surface area contributed by atoms with Gasteiger partial charge in [0.1, 0.15) is 11.3 Å². The average molecular weight is 163 g/mol. The van der Waals surface area contributed by atoms with Crippen LogP contribution in [0.15, 0.2) is 12.1 Å². The van der Waals surface area contributed by atoms with Crippen LogP contribution < -0.4 is 11.5 Å². The van der Waals surface area contributed by atoms with E-state index in [0.717, 1.165) is 5.52 Å². The Hall–Kier alpha value is -1.78. The molecule has 0 aromatic carbocycles. The summed E-state index contributed by atoms with van der Waals surface area (Å²) < 4.78 is 1.68. The quantitative estimate of drug-likeness (QED) is 0.578. The number of hydrogen-bond donors (Lipinski definition) is 2. The van der Waals surface area contributed by atoms with Crippen LogP contribution in [-0.2, 0) is 7.05 Å². The van der Waals surface area contributed by atoms with Crippen molar-refractivity contribution in [3.63, 3.8) is 0 Å². The molecule has 2 aromatic rings.